The van der Waals surface area contributed by atoms with Crippen molar-refractivity contribution in [3.8, 4) is 16.2 Å². The van der Waals surface area contributed by atoms with Crippen LogP contribution in [0.25, 0.3) is 10.4 Å². The number of nitrogens with one attached hydrogen (secondary N) is 1. The third-order valence-electron chi connectivity index (χ3n) is 3.57. The predicted molar refractivity (Wildman–Crippen MR) is 102 cm³/mol. The molecule has 0 saturated carbocycles. The normalized spacial score (nSPS) is 10.3. The lowest BCUT2D eigenvalue weighted by molar-refractivity contribution is 0.0521. The van der Waals surface area contributed by atoms with Gasteiger partial charge in [0.25, 0.3) is 5.91 Å². The molecule has 3 aromatic rings. The Kier molecular flexibility index (Phi) is 5.77. The Hall–Kier alpha value is -3.26. The van der Waals surface area contributed by atoms with Crippen LogP contribution >= 0.6 is 11.3 Å². The van der Waals surface area contributed by atoms with Crippen LogP contribution in [0.4, 0.5) is 5.13 Å². The first-order valence-corrected chi connectivity index (χ1v) is 8.98. The van der Waals surface area contributed by atoms with Crippen molar-refractivity contribution in [3.63, 3.8) is 0 Å². The van der Waals surface area contributed by atoms with Gasteiger partial charge in [-0.3, -0.25) is 15.1 Å². The Morgan fingerprint density at radius 1 is 1.15 bits per heavy atom. The third kappa shape index (κ3) is 4.29. The Balaban J connectivity index is 1.93. The summed E-state index contributed by atoms with van der Waals surface area (Å²) in [6.45, 7) is 1.95. The molecule has 0 bridgehead atoms. The van der Waals surface area contributed by atoms with Crippen LogP contribution in [-0.2, 0) is 4.74 Å². The summed E-state index contributed by atoms with van der Waals surface area (Å²) in [7, 11) is 1.58. The van der Waals surface area contributed by atoms with Crippen molar-refractivity contribution in [2.75, 3.05) is 19.0 Å². The van der Waals surface area contributed by atoms with Gasteiger partial charge in [-0.25, -0.2) is 9.78 Å². The van der Waals surface area contributed by atoms with E-state index in [0.717, 1.165) is 5.56 Å². The van der Waals surface area contributed by atoms with E-state index in [9.17, 15) is 9.59 Å². The molecule has 3 rings (SSSR count). The average Bonchev–Trinajstić information content (AvgIpc) is 3.13. The Bertz CT molecular complexity index is 939. The first-order chi connectivity index (χ1) is 13.1. The van der Waals surface area contributed by atoms with Crippen LogP contribution in [0, 0.1) is 0 Å². The number of esters is 1. The molecule has 1 N–H and O–H groups in total. The zero-order valence-corrected chi connectivity index (χ0v) is 15.6. The van der Waals surface area contributed by atoms with Crippen LogP contribution in [-0.4, -0.2) is 35.6 Å². The topological polar surface area (TPSA) is 90.4 Å². The molecule has 138 valence electrons. The monoisotopic (exact) mass is 383 g/mol. The van der Waals surface area contributed by atoms with Gasteiger partial charge in [0.1, 0.15) is 11.4 Å². The molecule has 1 aromatic carbocycles. The van der Waals surface area contributed by atoms with E-state index in [1.807, 2.05) is 12.1 Å². The van der Waals surface area contributed by atoms with E-state index in [4.69, 9.17) is 9.47 Å². The summed E-state index contributed by atoms with van der Waals surface area (Å²) in [5.74, 6) is -0.247. The summed E-state index contributed by atoms with van der Waals surface area (Å²) in [5, 5.41) is 2.97. The number of ether oxygens (including phenoxy) is 2. The smallest absolute Gasteiger partial charge is 0.358 e. The molecule has 27 heavy (non-hydrogen) atoms. The fourth-order valence-electron chi connectivity index (χ4n) is 2.31. The molecule has 0 aliphatic rings. The van der Waals surface area contributed by atoms with Crippen molar-refractivity contribution in [2.45, 2.75) is 6.92 Å². The molecule has 0 spiro atoms. The highest BCUT2D eigenvalue weighted by molar-refractivity contribution is 7.19. The lowest BCUT2D eigenvalue weighted by atomic mass is 10.1. The molecule has 0 saturated heterocycles. The van der Waals surface area contributed by atoms with E-state index < -0.39 is 11.9 Å². The van der Waals surface area contributed by atoms with Crippen LogP contribution in [0.5, 0.6) is 5.75 Å². The minimum atomic E-state index is -0.544. The maximum absolute atomic E-state index is 12.3. The summed E-state index contributed by atoms with van der Waals surface area (Å²) < 4.78 is 10.3. The highest BCUT2D eigenvalue weighted by Gasteiger charge is 2.22. The molecule has 2 heterocycles. The third-order valence-corrected chi connectivity index (χ3v) is 4.59. The average molecular weight is 383 g/mol. The number of aromatic nitrogens is 2. The molecule has 2 aromatic heterocycles. The van der Waals surface area contributed by atoms with Crippen molar-refractivity contribution in [3.05, 3.63) is 60.0 Å². The summed E-state index contributed by atoms with van der Waals surface area (Å²) in [5.41, 5.74) is 1.19. The fraction of sp³-hybridized carbons (Fsp3) is 0.158. The number of hydrogen-bond donors (Lipinski definition) is 1. The molecular formula is C19H17N3O4S. The van der Waals surface area contributed by atoms with Gasteiger partial charge in [-0.05, 0) is 48.9 Å². The van der Waals surface area contributed by atoms with Crippen LogP contribution in [0.3, 0.4) is 0 Å². The van der Waals surface area contributed by atoms with Crippen LogP contribution in [0.15, 0.2) is 48.7 Å². The number of thiazole rings is 1. The number of methoxy groups -OCH3 is 1. The van der Waals surface area contributed by atoms with Gasteiger partial charge in [-0.2, -0.15) is 0 Å². The highest BCUT2D eigenvalue weighted by Crippen LogP contribution is 2.34. The first kappa shape index (κ1) is 18.5. The molecule has 0 unspecified atom stereocenters. The van der Waals surface area contributed by atoms with E-state index in [-0.39, 0.29) is 18.0 Å². The van der Waals surface area contributed by atoms with Crippen molar-refractivity contribution in [1.82, 2.24) is 9.97 Å². The molecule has 0 aliphatic heterocycles. The Morgan fingerprint density at radius 2 is 1.93 bits per heavy atom. The number of rotatable bonds is 6. The number of pyridine rings is 1. The summed E-state index contributed by atoms with van der Waals surface area (Å²) in [6, 6.07) is 12.3. The quantitative estimate of drug-likeness (QED) is 0.654. The molecular weight excluding hydrogens is 366 g/mol. The van der Waals surface area contributed by atoms with Gasteiger partial charge >= 0.3 is 5.97 Å². The molecule has 0 aliphatic carbocycles. The van der Waals surface area contributed by atoms with Crippen LogP contribution in [0.1, 0.15) is 27.9 Å². The van der Waals surface area contributed by atoms with E-state index in [1.54, 1.807) is 44.4 Å². The Labute approximate surface area is 160 Å². The largest absolute Gasteiger partial charge is 0.497 e. The number of carbonyl (C=O) groups is 2. The Morgan fingerprint density at radius 3 is 2.56 bits per heavy atom. The summed E-state index contributed by atoms with van der Waals surface area (Å²) in [4.78, 5) is 33.5. The number of carbonyl (C=O) groups excluding carboxylic acids is 2. The molecule has 0 radical (unpaired) electrons. The second-order valence-electron chi connectivity index (χ2n) is 5.31. The van der Waals surface area contributed by atoms with Gasteiger partial charge in [-0.15, -0.1) is 0 Å². The highest BCUT2D eigenvalue weighted by atomic mass is 32.1. The van der Waals surface area contributed by atoms with E-state index >= 15 is 0 Å². The van der Waals surface area contributed by atoms with Gasteiger partial charge in [0.15, 0.2) is 10.8 Å². The maximum atomic E-state index is 12.3. The van der Waals surface area contributed by atoms with Crippen LogP contribution < -0.4 is 10.1 Å². The molecule has 0 fully saturated rings. The predicted octanol–water partition coefficient (Wildman–Crippen LogP) is 3.64. The van der Waals surface area contributed by atoms with E-state index in [1.165, 1.54) is 17.5 Å². The number of nitrogens with zero attached hydrogens (tertiary/aromatic N) is 2. The zero-order chi connectivity index (χ0) is 19.2. The number of anilines is 1. The lowest BCUT2D eigenvalue weighted by Gasteiger charge is -2.03. The SMILES string of the molecule is CCOC(=O)c1nc(NC(=O)c2ccccn2)sc1-c1ccc(OC)cc1. The van der Waals surface area contributed by atoms with Gasteiger partial charge in [0.05, 0.1) is 18.6 Å². The second-order valence-corrected chi connectivity index (χ2v) is 6.31. The molecule has 1 amide bonds. The summed E-state index contributed by atoms with van der Waals surface area (Å²) in [6.07, 6.45) is 1.53. The number of benzene rings is 1. The van der Waals surface area contributed by atoms with E-state index in [0.29, 0.717) is 15.8 Å². The van der Waals surface area contributed by atoms with Crippen LogP contribution in [0.2, 0.25) is 0 Å². The standard InChI is InChI=1S/C19H17N3O4S/c1-3-26-18(24)15-16(12-7-9-13(25-2)10-8-12)27-19(21-15)22-17(23)14-6-4-5-11-20-14/h4-11H,3H2,1-2H3,(H,21,22,23). The van der Waals surface area contributed by atoms with Gasteiger partial charge in [0, 0.05) is 6.20 Å². The molecule has 8 heteroatoms. The lowest BCUT2D eigenvalue weighted by Crippen LogP contribution is -2.13. The van der Waals surface area contributed by atoms with E-state index in [2.05, 4.69) is 15.3 Å². The summed E-state index contributed by atoms with van der Waals surface area (Å²) >= 11 is 1.19. The van der Waals surface area contributed by atoms with Crippen molar-refractivity contribution >= 4 is 28.3 Å². The van der Waals surface area contributed by atoms with Crippen molar-refractivity contribution < 1.29 is 19.1 Å². The second kappa shape index (κ2) is 8.41. The van der Waals surface area contributed by atoms with Crippen molar-refractivity contribution in [1.29, 1.82) is 0 Å². The molecule has 0 atom stereocenters. The van der Waals surface area contributed by atoms with Gasteiger partial charge < -0.3 is 9.47 Å². The maximum Gasteiger partial charge on any atom is 0.358 e. The number of amides is 1. The fourth-order valence-corrected chi connectivity index (χ4v) is 3.26. The zero-order valence-electron chi connectivity index (χ0n) is 14.8. The minimum absolute atomic E-state index is 0.156. The van der Waals surface area contributed by atoms with Gasteiger partial charge in [-0.1, -0.05) is 17.4 Å². The first-order valence-electron chi connectivity index (χ1n) is 8.17. The minimum Gasteiger partial charge on any atom is -0.497 e. The van der Waals surface area contributed by atoms with Crippen molar-refractivity contribution in [2.24, 2.45) is 0 Å². The number of hydrogen-bond acceptors (Lipinski definition) is 7. The molecule has 7 nitrogen and oxygen atoms in total. The van der Waals surface area contributed by atoms with Gasteiger partial charge in [0.2, 0.25) is 0 Å².